The molecule has 0 bridgehead atoms. The van der Waals surface area contributed by atoms with Crippen LogP contribution in [0.3, 0.4) is 0 Å². The molecule has 1 unspecified atom stereocenters. The van der Waals surface area contributed by atoms with Crippen LogP contribution in [0.25, 0.3) is 0 Å². The number of carbonyl (C=O) groups excluding carboxylic acids is 2. The summed E-state index contributed by atoms with van der Waals surface area (Å²) in [7, 11) is 1.79. The standard InChI is InChI=1S/C24H41N3O4/c1-7-10-19(2)11-9-14-25-22(28)27(6)18-20-12-8-13-21(17-20)30-16-15-26-23(29)31-24(3,4)5/h8,12-13,17,19H,7,9-11,14-16,18H2,1-6H3,(H,25,28)(H,26,29). The van der Waals surface area contributed by atoms with Crippen LogP contribution in [-0.2, 0) is 11.3 Å². The highest BCUT2D eigenvalue weighted by Crippen LogP contribution is 2.15. The molecule has 1 rings (SSSR count). The van der Waals surface area contributed by atoms with Crippen molar-refractivity contribution in [3.8, 4) is 5.75 Å². The fraction of sp³-hybridized carbons (Fsp3) is 0.667. The molecule has 0 aromatic heterocycles. The van der Waals surface area contributed by atoms with E-state index in [4.69, 9.17) is 9.47 Å². The lowest BCUT2D eigenvalue weighted by molar-refractivity contribution is 0.0520. The molecule has 1 aromatic carbocycles. The molecule has 3 amide bonds. The van der Waals surface area contributed by atoms with Gasteiger partial charge in [0.15, 0.2) is 0 Å². The number of carbonyl (C=O) groups is 2. The highest BCUT2D eigenvalue weighted by Gasteiger charge is 2.15. The van der Waals surface area contributed by atoms with Crippen LogP contribution in [0.2, 0.25) is 0 Å². The summed E-state index contributed by atoms with van der Waals surface area (Å²) in [5, 5.41) is 5.65. The van der Waals surface area contributed by atoms with E-state index in [1.165, 1.54) is 12.8 Å². The van der Waals surface area contributed by atoms with Crippen molar-refractivity contribution in [1.29, 1.82) is 0 Å². The molecule has 31 heavy (non-hydrogen) atoms. The fourth-order valence-corrected chi connectivity index (χ4v) is 3.13. The van der Waals surface area contributed by atoms with Crippen LogP contribution in [0.15, 0.2) is 24.3 Å². The summed E-state index contributed by atoms with van der Waals surface area (Å²) in [4.78, 5) is 25.6. The van der Waals surface area contributed by atoms with Gasteiger partial charge in [0.2, 0.25) is 0 Å². The topological polar surface area (TPSA) is 79.9 Å². The number of urea groups is 1. The molecule has 0 saturated heterocycles. The maximum atomic E-state index is 12.3. The third-order valence-electron chi connectivity index (χ3n) is 4.64. The van der Waals surface area contributed by atoms with Gasteiger partial charge < -0.3 is 25.0 Å². The minimum Gasteiger partial charge on any atom is -0.492 e. The Morgan fingerprint density at radius 3 is 2.55 bits per heavy atom. The normalized spacial score (nSPS) is 12.1. The van der Waals surface area contributed by atoms with E-state index >= 15 is 0 Å². The Labute approximate surface area is 187 Å². The van der Waals surface area contributed by atoms with E-state index in [0.717, 1.165) is 18.4 Å². The van der Waals surface area contributed by atoms with Gasteiger partial charge in [0, 0.05) is 20.1 Å². The molecule has 0 fully saturated rings. The van der Waals surface area contributed by atoms with Gasteiger partial charge in [-0.15, -0.1) is 0 Å². The summed E-state index contributed by atoms with van der Waals surface area (Å²) in [5.41, 5.74) is 0.456. The van der Waals surface area contributed by atoms with Gasteiger partial charge >= 0.3 is 12.1 Å². The first-order valence-corrected chi connectivity index (χ1v) is 11.3. The van der Waals surface area contributed by atoms with Gasteiger partial charge in [0.1, 0.15) is 18.0 Å². The Balaban J connectivity index is 2.33. The smallest absolute Gasteiger partial charge is 0.407 e. The average molecular weight is 436 g/mol. The molecular weight excluding hydrogens is 394 g/mol. The molecule has 1 aromatic rings. The van der Waals surface area contributed by atoms with Gasteiger partial charge in [-0.25, -0.2) is 9.59 Å². The van der Waals surface area contributed by atoms with E-state index in [2.05, 4.69) is 24.5 Å². The van der Waals surface area contributed by atoms with Crippen molar-refractivity contribution >= 4 is 12.1 Å². The van der Waals surface area contributed by atoms with E-state index in [0.29, 0.717) is 37.9 Å². The van der Waals surface area contributed by atoms with Crippen molar-refractivity contribution in [2.75, 3.05) is 26.7 Å². The first kappa shape index (κ1) is 26.6. The lowest BCUT2D eigenvalue weighted by atomic mass is 10.0. The van der Waals surface area contributed by atoms with Crippen molar-refractivity contribution in [2.45, 2.75) is 72.4 Å². The lowest BCUT2D eigenvalue weighted by Gasteiger charge is -2.20. The van der Waals surface area contributed by atoms with E-state index in [1.54, 1.807) is 11.9 Å². The molecule has 1 atom stereocenters. The minimum atomic E-state index is -0.523. The molecular formula is C24H41N3O4. The van der Waals surface area contributed by atoms with Gasteiger partial charge in [-0.2, -0.15) is 0 Å². The van der Waals surface area contributed by atoms with Crippen LogP contribution in [0.4, 0.5) is 9.59 Å². The summed E-state index contributed by atoms with van der Waals surface area (Å²) in [6.45, 7) is 11.8. The Morgan fingerprint density at radius 2 is 1.87 bits per heavy atom. The van der Waals surface area contributed by atoms with Crippen LogP contribution < -0.4 is 15.4 Å². The maximum Gasteiger partial charge on any atom is 0.407 e. The number of nitrogens with one attached hydrogen (secondary N) is 2. The van der Waals surface area contributed by atoms with Crippen LogP contribution in [0, 0.1) is 5.92 Å². The van der Waals surface area contributed by atoms with Crippen LogP contribution in [-0.4, -0.2) is 49.4 Å². The molecule has 7 heteroatoms. The number of hydrogen-bond donors (Lipinski definition) is 2. The first-order valence-electron chi connectivity index (χ1n) is 11.3. The third kappa shape index (κ3) is 12.8. The zero-order valence-electron chi connectivity index (χ0n) is 20.1. The van der Waals surface area contributed by atoms with Gasteiger partial charge in [-0.1, -0.05) is 38.8 Å². The summed E-state index contributed by atoms with van der Waals surface area (Å²) in [6.07, 6.45) is 4.13. The Hall–Kier alpha value is -2.44. The summed E-state index contributed by atoms with van der Waals surface area (Å²) >= 11 is 0. The predicted octanol–water partition coefficient (Wildman–Crippen LogP) is 4.95. The van der Waals surface area contributed by atoms with Crippen LogP contribution in [0.1, 0.15) is 65.9 Å². The Bertz CT molecular complexity index is 673. The molecule has 0 aliphatic heterocycles. The molecule has 0 heterocycles. The number of rotatable bonds is 12. The van der Waals surface area contributed by atoms with Crippen molar-refractivity contribution in [3.63, 3.8) is 0 Å². The fourth-order valence-electron chi connectivity index (χ4n) is 3.13. The molecule has 7 nitrogen and oxygen atoms in total. The molecule has 176 valence electrons. The number of benzene rings is 1. The molecule has 0 aliphatic rings. The Kier molecular flexibility index (Phi) is 11.8. The van der Waals surface area contributed by atoms with Gasteiger partial charge in [0.05, 0.1) is 6.54 Å². The average Bonchev–Trinajstić information content (AvgIpc) is 2.67. The summed E-state index contributed by atoms with van der Waals surface area (Å²) < 4.78 is 10.9. The number of alkyl carbamates (subject to hydrolysis) is 1. The van der Waals surface area contributed by atoms with Crippen LogP contribution in [0.5, 0.6) is 5.75 Å². The van der Waals surface area contributed by atoms with Crippen molar-refractivity contribution in [1.82, 2.24) is 15.5 Å². The highest BCUT2D eigenvalue weighted by atomic mass is 16.6. The van der Waals surface area contributed by atoms with Gasteiger partial charge in [0.25, 0.3) is 0 Å². The minimum absolute atomic E-state index is 0.0731. The van der Waals surface area contributed by atoms with Crippen molar-refractivity contribution in [3.05, 3.63) is 29.8 Å². The second kappa shape index (κ2) is 13.8. The van der Waals surface area contributed by atoms with Crippen molar-refractivity contribution in [2.24, 2.45) is 5.92 Å². The van der Waals surface area contributed by atoms with E-state index in [-0.39, 0.29) is 6.03 Å². The number of amides is 3. The largest absolute Gasteiger partial charge is 0.492 e. The van der Waals surface area contributed by atoms with E-state index in [9.17, 15) is 9.59 Å². The van der Waals surface area contributed by atoms with Gasteiger partial charge in [-0.3, -0.25) is 0 Å². The SMILES string of the molecule is CCCC(C)CCCNC(=O)N(C)Cc1cccc(OCCNC(=O)OC(C)(C)C)c1. The zero-order valence-corrected chi connectivity index (χ0v) is 20.1. The summed E-state index contributed by atoms with van der Waals surface area (Å²) in [5.74, 6) is 1.41. The predicted molar refractivity (Wildman–Crippen MR) is 124 cm³/mol. The Morgan fingerprint density at radius 1 is 1.13 bits per heavy atom. The molecule has 2 N–H and O–H groups in total. The van der Waals surface area contributed by atoms with E-state index in [1.807, 2.05) is 45.0 Å². The zero-order chi connectivity index (χ0) is 23.3. The third-order valence-corrected chi connectivity index (χ3v) is 4.64. The molecule has 0 spiro atoms. The van der Waals surface area contributed by atoms with Gasteiger partial charge in [-0.05, 0) is 57.2 Å². The van der Waals surface area contributed by atoms with Crippen molar-refractivity contribution < 1.29 is 19.1 Å². The van der Waals surface area contributed by atoms with E-state index < -0.39 is 11.7 Å². The molecule has 0 radical (unpaired) electrons. The second-order valence-corrected chi connectivity index (χ2v) is 9.05. The molecule has 0 aliphatic carbocycles. The first-order chi connectivity index (χ1) is 14.6. The number of nitrogens with zero attached hydrogens (tertiary/aromatic N) is 1. The molecule has 0 saturated carbocycles. The maximum absolute atomic E-state index is 12.3. The number of hydrogen-bond acceptors (Lipinski definition) is 4. The highest BCUT2D eigenvalue weighted by molar-refractivity contribution is 5.73. The lowest BCUT2D eigenvalue weighted by Crippen LogP contribution is -2.37. The second-order valence-electron chi connectivity index (χ2n) is 9.05. The van der Waals surface area contributed by atoms with Crippen LogP contribution >= 0.6 is 0 Å². The number of ether oxygens (including phenoxy) is 2. The summed E-state index contributed by atoms with van der Waals surface area (Å²) in [6, 6.07) is 7.54. The monoisotopic (exact) mass is 435 g/mol. The quantitative estimate of drug-likeness (QED) is 0.455.